The Labute approximate surface area is 168 Å². The number of nitrogens with zero attached hydrogens (tertiary/aromatic N) is 1. The zero-order chi connectivity index (χ0) is 20.6. The van der Waals surface area contributed by atoms with Gasteiger partial charge in [0.25, 0.3) is 0 Å². The lowest BCUT2D eigenvalue weighted by molar-refractivity contribution is -0.150. The fraction of sp³-hybridized carbons (Fsp3) is 0.273. The van der Waals surface area contributed by atoms with Crippen LogP contribution in [0.15, 0.2) is 42.5 Å². The van der Waals surface area contributed by atoms with Crippen molar-refractivity contribution in [2.24, 2.45) is 12.5 Å². The topological polar surface area (TPSA) is 68.5 Å². The minimum Gasteiger partial charge on any atom is -0.508 e. The predicted octanol–water partition coefficient (Wildman–Crippen LogP) is 4.51. The largest absolute Gasteiger partial charge is 0.508 e. The Morgan fingerprint density at radius 3 is 2.39 bits per heavy atom. The number of methoxy groups -OCH3 is 1. The average molecular weight is 400 g/mol. The van der Waals surface area contributed by atoms with E-state index in [-0.39, 0.29) is 17.5 Å². The van der Waals surface area contributed by atoms with Gasteiger partial charge in [-0.05, 0) is 50.2 Å². The maximum atomic E-state index is 13.4. The average Bonchev–Trinajstić information content (AvgIpc) is 2.92. The molecule has 1 heterocycles. The standard InChI is InChI=1S/C22H22ClNO4/c1-22(2,21(27)28-4)12-18-19(20(26)13-5-7-14(23)8-6-13)16-10-9-15(25)11-17(16)24(18)3/h5-11,25H,12H2,1-4H3. The summed E-state index contributed by atoms with van der Waals surface area (Å²) in [5.41, 5.74) is 1.61. The number of esters is 1. The smallest absolute Gasteiger partial charge is 0.311 e. The number of aromatic hydroxyl groups is 1. The first-order valence-electron chi connectivity index (χ1n) is 8.84. The van der Waals surface area contributed by atoms with Crippen LogP contribution in [0.2, 0.25) is 5.02 Å². The zero-order valence-corrected chi connectivity index (χ0v) is 17.0. The Kier molecular flexibility index (Phi) is 5.22. The molecule has 0 radical (unpaired) electrons. The number of carbonyl (C=O) groups excluding carboxylic acids is 2. The highest BCUT2D eigenvalue weighted by Gasteiger charge is 2.33. The number of phenols is 1. The third kappa shape index (κ3) is 3.50. The van der Waals surface area contributed by atoms with Gasteiger partial charge in [-0.1, -0.05) is 11.6 Å². The highest BCUT2D eigenvalue weighted by atomic mass is 35.5. The molecule has 3 rings (SSSR count). The summed E-state index contributed by atoms with van der Waals surface area (Å²) in [5, 5.41) is 11.2. The van der Waals surface area contributed by atoms with Gasteiger partial charge in [0.2, 0.25) is 0 Å². The number of ether oxygens (including phenoxy) is 1. The number of aromatic nitrogens is 1. The van der Waals surface area contributed by atoms with E-state index >= 15 is 0 Å². The maximum absolute atomic E-state index is 13.4. The van der Waals surface area contributed by atoms with Crippen molar-refractivity contribution in [3.05, 3.63) is 64.3 Å². The van der Waals surface area contributed by atoms with Crippen LogP contribution in [0.3, 0.4) is 0 Å². The zero-order valence-electron chi connectivity index (χ0n) is 16.2. The molecule has 0 unspecified atom stereocenters. The van der Waals surface area contributed by atoms with Gasteiger partial charge in [0, 0.05) is 41.2 Å². The number of rotatable bonds is 5. The number of fused-ring (bicyclic) bond motifs is 1. The second-order valence-electron chi connectivity index (χ2n) is 7.47. The molecule has 6 heteroatoms. The third-order valence-electron chi connectivity index (χ3n) is 4.99. The lowest BCUT2D eigenvalue weighted by Crippen LogP contribution is -2.29. The van der Waals surface area contributed by atoms with Crippen LogP contribution in [0, 0.1) is 5.41 Å². The normalized spacial score (nSPS) is 11.6. The molecule has 0 aliphatic heterocycles. The molecule has 0 amide bonds. The van der Waals surface area contributed by atoms with Gasteiger partial charge in [-0.25, -0.2) is 0 Å². The SMILES string of the molecule is COC(=O)C(C)(C)Cc1c(C(=O)c2ccc(Cl)cc2)c2ccc(O)cc2n1C. The molecule has 28 heavy (non-hydrogen) atoms. The number of ketones is 1. The van der Waals surface area contributed by atoms with E-state index in [1.54, 1.807) is 56.3 Å². The molecule has 0 atom stereocenters. The minimum atomic E-state index is -0.825. The van der Waals surface area contributed by atoms with E-state index in [2.05, 4.69) is 0 Å². The number of aryl methyl sites for hydroxylation is 1. The van der Waals surface area contributed by atoms with E-state index < -0.39 is 5.41 Å². The maximum Gasteiger partial charge on any atom is 0.311 e. The summed E-state index contributed by atoms with van der Waals surface area (Å²) in [7, 11) is 3.17. The third-order valence-corrected chi connectivity index (χ3v) is 5.24. The summed E-state index contributed by atoms with van der Waals surface area (Å²) < 4.78 is 6.78. The molecule has 0 bridgehead atoms. The molecule has 1 N–H and O–H groups in total. The first-order chi connectivity index (χ1) is 13.2. The van der Waals surface area contributed by atoms with Crippen molar-refractivity contribution in [3.63, 3.8) is 0 Å². The second kappa shape index (κ2) is 7.32. The number of benzene rings is 2. The van der Waals surface area contributed by atoms with Crippen molar-refractivity contribution in [2.45, 2.75) is 20.3 Å². The lowest BCUT2D eigenvalue weighted by Gasteiger charge is -2.22. The Morgan fingerprint density at radius 2 is 1.79 bits per heavy atom. The van der Waals surface area contributed by atoms with Gasteiger partial charge >= 0.3 is 5.97 Å². The van der Waals surface area contributed by atoms with Gasteiger partial charge in [-0.2, -0.15) is 0 Å². The molecule has 0 aliphatic carbocycles. The highest BCUT2D eigenvalue weighted by molar-refractivity contribution is 6.30. The van der Waals surface area contributed by atoms with Crippen molar-refractivity contribution >= 4 is 34.3 Å². The van der Waals surface area contributed by atoms with E-state index in [4.69, 9.17) is 16.3 Å². The molecule has 0 spiro atoms. The molecule has 3 aromatic rings. The predicted molar refractivity (Wildman–Crippen MR) is 109 cm³/mol. The molecular weight excluding hydrogens is 378 g/mol. The number of carbonyl (C=O) groups is 2. The van der Waals surface area contributed by atoms with Crippen LogP contribution in [-0.4, -0.2) is 28.5 Å². The van der Waals surface area contributed by atoms with Gasteiger partial charge in [0.1, 0.15) is 5.75 Å². The van der Waals surface area contributed by atoms with Crippen molar-refractivity contribution in [1.82, 2.24) is 4.57 Å². The Bertz CT molecular complexity index is 1060. The molecule has 0 saturated carbocycles. The van der Waals surface area contributed by atoms with Gasteiger partial charge in [-0.3, -0.25) is 9.59 Å². The van der Waals surface area contributed by atoms with Crippen LogP contribution >= 0.6 is 11.6 Å². The second-order valence-corrected chi connectivity index (χ2v) is 7.91. The van der Waals surface area contributed by atoms with E-state index in [9.17, 15) is 14.7 Å². The molecule has 2 aromatic carbocycles. The molecule has 1 aromatic heterocycles. The molecule has 0 saturated heterocycles. The molecule has 5 nitrogen and oxygen atoms in total. The Balaban J connectivity index is 2.23. The van der Waals surface area contributed by atoms with Gasteiger partial charge in [-0.15, -0.1) is 0 Å². The van der Waals surface area contributed by atoms with Crippen LogP contribution < -0.4 is 0 Å². The summed E-state index contributed by atoms with van der Waals surface area (Å²) in [6.45, 7) is 3.56. The van der Waals surface area contributed by atoms with Gasteiger partial charge in [0.05, 0.1) is 23.6 Å². The van der Waals surface area contributed by atoms with Crippen LogP contribution in [0.1, 0.15) is 35.5 Å². The quantitative estimate of drug-likeness (QED) is 0.506. The van der Waals surface area contributed by atoms with E-state index in [1.807, 2.05) is 11.6 Å². The fourth-order valence-electron chi connectivity index (χ4n) is 3.45. The Hall–Kier alpha value is -2.79. The first kappa shape index (κ1) is 20.0. The van der Waals surface area contributed by atoms with Crippen LogP contribution in [0.4, 0.5) is 0 Å². The van der Waals surface area contributed by atoms with E-state index in [0.717, 1.165) is 5.39 Å². The lowest BCUT2D eigenvalue weighted by atomic mass is 9.85. The van der Waals surface area contributed by atoms with Crippen molar-refractivity contribution in [3.8, 4) is 5.75 Å². The van der Waals surface area contributed by atoms with Crippen molar-refractivity contribution in [2.75, 3.05) is 7.11 Å². The van der Waals surface area contributed by atoms with Crippen LogP contribution in [0.25, 0.3) is 10.9 Å². The monoisotopic (exact) mass is 399 g/mol. The van der Waals surface area contributed by atoms with Crippen LogP contribution in [-0.2, 0) is 23.0 Å². The molecular formula is C22H22ClNO4. The van der Waals surface area contributed by atoms with Crippen molar-refractivity contribution in [1.29, 1.82) is 0 Å². The first-order valence-corrected chi connectivity index (χ1v) is 9.22. The minimum absolute atomic E-state index is 0.109. The number of phenolic OH excluding ortho intramolecular Hbond substituents is 1. The number of halogens is 1. The van der Waals surface area contributed by atoms with E-state index in [1.165, 1.54) is 7.11 Å². The Morgan fingerprint density at radius 1 is 1.14 bits per heavy atom. The number of hydrogen-bond acceptors (Lipinski definition) is 4. The van der Waals surface area contributed by atoms with E-state index in [0.29, 0.717) is 33.8 Å². The summed E-state index contributed by atoms with van der Waals surface area (Å²) in [6, 6.07) is 11.6. The summed E-state index contributed by atoms with van der Waals surface area (Å²) >= 11 is 5.95. The highest BCUT2D eigenvalue weighted by Crippen LogP contribution is 2.34. The van der Waals surface area contributed by atoms with Crippen LogP contribution in [0.5, 0.6) is 5.75 Å². The van der Waals surface area contributed by atoms with Gasteiger partial charge < -0.3 is 14.4 Å². The molecule has 0 aliphatic rings. The summed E-state index contributed by atoms with van der Waals surface area (Å²) in [4.78, 5) is 25.6. The number of hydrogen-bond donors (Lipinski definition) is 1. The summed E-state index contributed by atoms with van der Waals surface area (Å²) in [6.07, 6.45) is 0.306. The fourth-order valence-corrected chi connectivity index (χ4v) is 3.58. The molecule has 0 fully saturated rings. The summed E-state index contributed by atoms with van der Waals surface area (Å²) in [5.74, 6) is -0.411. The molecule has 146 valence electrons. The van der Waals surface area contributed by atoms with Gasteiger partial charge in [0.15, 0.2) is 5.78 Å². The van der Waals surface area contributed by atoms with Crippen molar-refractivity contribution < 1.29 is 19.4 Å².